The molecule has 1 fully saturated rings. The van der Waals surface area contributed by atoms with Crippen molar-refractivity contribution in [3.05, 3.63) is 124 Å². The zero-order chi connectivity index (χ0) is 30.2. The van der Waals surface area contributed by atoms with Crippen LogP contribution >= 0.6 is 11.3 Å². The van der Waals surface area contributed by atoms with Gasteiger partial charge in [-0.15, -0.1) is 11.3 Å². The van der Waals surface area contributed by atoms with Gasteiger partial charge in [-0.1, -0.05) is 54.6 Å². The van der Waals surface area contributed by atoms with Gasteiger partial charge in [0.15, 0.2) is 18.3 Å². The molecule has 43 heavy (non-hydrogen) atoms. The SMILES string of the molecule is CCNC(=O)c1csc([C@@H]2O[C@H](COC(=O)c3ccccc3)[C@@H](OC(=O)c3ccccc3)[C@H]2OC(=O)c2ccccc2)n1. The molecule has 0 saturated carbocycles. The highest BCUT2D eigenvalue weighted by molar-refractivity contribution is 7.09. The number of nitrogens with one attached hydrogen (secondary N) is 1. The average Bonchev–Trinajstić information content (AvgIpc) is 3.66. The number of ether oxygens (including phenoxy) is 4. The second-order valence-corrected chi connectivity index (χ2v) is 10.4. The van der Waals surface area contributed by atoms with E-state index in [1.807, 2.05) is 0 Å². The molecule has 4 aromatic rings. The number of hydrogen-bond acceptors (Lipinski definition) is 10. The van der Waals surface area contributed by atoms with Crippen LogP contribution in [0.3, 0.4) is 0 Å². The number of carbonyl (C=O) groups excluding carboxylic acids is 4. The summed E-state index contributed by atoms with van der Waals surface area (Å²) in [6, 6.07) is 25.0. The molecule has 0 radical (unpaired) electrons. The van der Waals surface area contributed by atoms with Crippen LogP contribution in [0.1, 0.15) is 59.6 Å². The van der Waals surface area contributed by atoms with Crippen molar-refractivity contribution in [3.63, 3.8) is 0 Å². The number of nitrogens with zero attached hydrogens (tertiary/aromatic N) is 1. The van der Waals surface area contributed by atoms with E-state index in [2.05, 4.69) is 10.3 Å². The van der Waals surface area contributed by atoms with Gasteiger partial charge in [0.05, 0.1) is 16.7 Å². The zero-order valence-corrected chi connectivity index (χ0v) is 23.9. The monoisotopic (exact) mass is 600 g/mol. The molecule has 2 heterocycles. The first-order chi connectivity index (χ1) is 20.9. The highest BCUT2D eigenvalue weighted by Crippen LogP contribution is 2.39. The fraction of sp³-hybridized carbons (Fsp3) is 0.219. The van der Waals surface area contributed by atoms with Gasteiger partial charge in [-0.05, 0) is 43.3 Å². The summed E-state index contributed by atoms with van der Waals surface area (Å²) in [5.74, 6) is -2.34. The summed E-state index contributed by atoms with van der Waals surface area (Å²) in [6.07, 6.45) is -4.44. The van der Waals surface area contributed by atoms with Gasteiger partial charge < -0.3 is 24.3 Å². The highest BCUT2D eigenvalue weighted by atomic mass is 32.1. The van der Waals surface area contributed by atoms with Gasteiger partial charge in [0, 0.05) is 11.9 Å². The average molecular weight is 601 g/mol. The van der Waals surface area contributed by atoms with Crippen molar-refractivity contribution in [2.75, 3.05) is 13.2 Å². The Labute approximate surface area is 251 Å². The molecule has 220 valence electrons. The second kappa shape index (κ2) is 13.9. The van der Waals surface area contributed by atoms with Crippen LogP contribution in [0.2, 0.25) is 0 Å². The summed E-state index contributed by atoms with van der Waals surface area (Å²) < 4.78 is 23.7. The largest absolute Gasteiger partial charge is 0.459 e. The molecular weight excluding hydrogens is 572 g/mol. The van der Waals surface area contributed by atoms with E-state index in [9.17, 15) is 19.2 Å². The summed E-state index contributed by atoms with van der Waals surface area (Å²) >= 11 is 1.13. The molecule has 0 bridgehead atoms. The van der Waals surface area contributed by atoms with E-state index in [4.69, 9.17) is 18.9 Å². The molecule has 0 unspecified atom stereocenters. The van der Waals surface area contributed by atoms with E-state index in [1.54, 1.807) is 103 Å². The molecule has 0 aliphatic carbocycles. The molecule has 1 aliphatic rings. The Kier molecular flexibility index (Phi) is 9.55. The zero-order valence-electron chi connectivity index (χ0n) is 23.1. The summed E-state index contributed by atoms with van der Waals surface area (Å²) in [6.45, 7) is 1.89. The lowest BCUT2D eigenvalue weighted by Gasteiger charge is -2.24. The van der Waals surface area contributed by atoms with E-state index in [-0.39, 0.29) is 29.3 Å². The maximum absolute atomic E-state index is 13.3. The van der Waals surface area contributed by atoms with Crippen molar-refractivity contribution < 1.29 is 38.1 Å². The van der Waals surface area contributed by atoms with E-state index >= 15 is 0 Å². The minimum absolute atomic E-state index is 0.162. The topological polar surface area (TPSA) is 130 Å². The molecule has 5 rings (SSSR count). The lowest BCUT2D eigenvalue weighted by Crippen LogP contribution is -2.40. The van der Waals surface area contributed by atoms with Crippen LogP contribution in [0, 0.1) is 0 Å². The molecule has 4 atom stereocenters. The van der Waals surface area contributed by atoms with Gasteiger partial charge in [0.25, 0.3) is 5.91 Å². The van der Waals surface area contributed by atoms with Crippen molar-refractivity contribution in [1.29, 1.82) is 0 Å². The Balaban J connectivity index is 1.47. The molecule has 11 heteroatoms. The first kappa shape index (κ1) is 29.6. The van der Waals surface area contributed by atoms with Gasteiger partial charge in [-0.3, -0.25) is 4.79 Å². The number of aromatic nitrogens is 1. The van der Waals surface area contributed by atoms with Crippen LogP contribution in [0.5, 0.6) is 0 Å². The fourth-order valence-electron chi connectivity index (χ4n) is 4.45. The predicted molar refractivity (Wildman–Crippen MR) is 156 cm³/mol. The van der Waals surface area contributed by atoms with Crippen LogP contribution in [0.15, 0.2) is 96.4 Å². The number of benzene rings is 3. The standard InChI is InChI=1S/C32H28N2O8S/c1-2-33-28(35)23-19-43-29(34-23)27-26(42-32(38)22-16-10-5-11-17-22)25(41-31(37)21-14-8-4-9-15-21)24(40-27)18-39-30(36)20-12-6-3-7-13-20/h3-17,19,24-27H,2,18H2,1H3,(H,33,35)/t24-,25-,26-,27-/m1/s1. The van der Waals surface area contributed by atoms with Crippen molar-refractivity contribution in [3.8, 4) is 0 Å². The molecule has 1 aromatic heterocycles. The minimum Gasteiger partial charge on any atom is -0.459 e. The highest BCUT2D eigenvalue weighted by Gasteiger charge is 2.52. The predicted octanol–water partition coefficient (Wildman–Crippen LogP) is 4.64. The Morgan fingerprint density at radius 2 is 1.28 bits per heavy atom. The summed E-state index contributed by atoms with van der Waals surface area (Å²) in [4.78, 5) is 56.1. The Morgan fingerprint density at radius 1 is 0.767 bits per heavy atom. The lowest BCUT2D eigenvalue weighted by atomic mass is 10.1. The molecule has 1 amide bonds. The van der Waals surface area contributed by atoms with Gasteiger partial charge in [-0.2, -0.15) is 0 Å². The van der Waals surface area contributed by atoms with Crippen molar-refractivity contribution in [2.24, 2.45) is 0 Å². The number of thiazole rings is 1. The van der Waals surface area contributed by atoms with E-state index in [0.29, 0.717) is 17.1 Å². The van der Waals surface area contributed by atoms with E-state index in [0.717, 1.165) is 11.3 Å². The van der Waals surface area contributed by atoms with Gasteiger partial charge in [0.1, 0.15) is 23.4 Å². The first-order valence-electron chi connectivity index (χ1n) is 13.6. The lowest BCUT2D eigenvalue weighted by molar-refractivity contribution is -0.0450. The summed E-state index contributed by atoms with van der Waals surface area (Å²) in [7, 11) is 0. The molecule has 3 aromatic carbocycles. The van der Waals surface area contributed by atoms with E-state index in [1.165, 1.54) is 0 Å². The van der Waals surface area contributed by atoms with Gasteiger partial charge in [0.2, 0.25) is 0 Å². The van der Waals surface area contributed by atoms with Crippen molar-refractivity contribution >= 4 is 35.2 Å². The van der Waals surface area contributed by atoms with Gasteiger partial charge >= 0.3 is 17.9 Å². The molecule has 1 N–H and O–H groups in total. The fourth-order valence-corrected chi connectivity index (χ4v) is 5.32. The summed E-state index contributed by atoms with van der Waals surface area (Å²) in [5.41, 5.74) is 1.03. The van der Waals surface area contributed by atoms with Crippen molar-refractivity contribution in [1.82, 2.24) is 10.3 Å². The third-order valence-electron chi connectivity index (χ3n) is 6.54. The normalized spacial score (nSPS) is 19.3. The van der Waals surface area contributed by atoms with Crippen LogP contribution < -0.4 is 5.32 Å². The van der Waals surface area contributed by atoms with Crippen molar-refractivity contribution in [2.45, 2.75) is 31.3 Å². The number of amides is 1. The third-order valence-corrected chi connectivity index (χ3v) is 7.44. The second-order valence-electron chi connectivity index (χ2n) is 9.46. The Hall–Kier alpha value is -4.87. The quantitative estimate of drug-likeness (QED) is 0.204. The van der Waals surface area contributed by atoms with Crippen LogP contribution in [0.4, 0.5) is 0 Å². The molecule has 1 aliphatic heterocycles. The van der Waals surface area contributed by atoms with Gasteiger partial charge in [-0.25, -0.2) is 19.4 Å². The first-order valence-corrected chi connectivity index (χ1v) is 14.5. The van der Waals surface area contributed by atoms with E-state index < -0.39 is 42.3 Å². The number of hydrogen-bond donors (Lipinski definition) is 1. The minimum atomic E-state index is -1.19. The summed E-state index contributed by atoms with van der Waals surface area (Å²) in [5, 5.41) is 4.58. The number of rotatable bonds is 10. The number of carbonyl (C=O) groups is 4. The molecule has 10 nitrogen and oxygen atoms in total. The third kappa shape index (κ3) is 7.14. The number of esters is 3. The van der Waals surface area contributed by atoms with Crippen LogP contribution in [-0.4, -0.2) is 60.3 Å². The maximum Gasteiger partial charge on any atom is 0.338 e. The molecule has 1 saturated heterocycles. The molecule has 0 spiro atoms. The van der Waals surface area contributed by atoms with Crippen LogP contribution in [-0.2, 0) is 18.9 Å². The maximum atomic E-state index is 13.3. The Bertz CT molecular complexity index is 1560. The smallest absolute Gasteiger partial charge is 0.338 e. The van der Waals surface area contributed by atoms with Crippen LogP contribution in [0.25, 0.3) is 0 Å². The Morgan fingerprint density at radius 3 is 1.81 bits per heavy atom. The molecular formula is C32H28N2O8S.